The number of hydrogen-bond acceptors (Lipinski definition) is 3. The minimum Gasteiger partial charge on any atom is -0.497 e. The topological polar surface area (TPSA) is 70.7 Å². The zero-order chi connectivity index (χ0) is 19.9. The Kier molecular flexibility index (Phi) is 6.53. The highest BCUT2D eigenvalue weighted by atomic mass is 16.5. The van der Waals surface area contributed by atoms with Crippen LogP contribution in [0.5, 0.6) is 5.75 Å². The molecule has 6 heteroatoms. The number of hydrogen-bond donors (Lipinski definition) is 2. The number of ether oxygens (including phenoxy) is 1. The van der Waals surface area contributed by atoms with E-state index < -0.39 is 0 Å². The van der Waals surface area contributed by atoms with Crippen LogP contribution in [0, 0.1) is 0 Å². The molecule has 0 bridgehead atoms. The average molecular weight is 381 g/mol. The van der Waals surface area contributed by atoms with Crippen LogP contribution in [0.25, 0.3) is 0 Å². The first-order chi connectivity index (χ1) is 13.6. The summed E-state index contributed by atoms with van der Waals surface area (Å²) in [4.78, 5) is 26.3. The van der Waals surface area contributed by atoms with Gasteiger partial charge in [-0.15, -0.1) is 0 Å². The molecule has 0 aromatic heterocycles. The first-order valence-electron chi connectivity index (χ1n) is 9.70. The van der Waals surface area contributed by atoms with Gasteiger partial charge >= 0.3 is 6.03 Å². The van der Waals surface area contributed by atoms with Gasteiger partial charge in [0.15, 0.2) is 0 Å². The number of rotatable bonds is 7. The number of benzene rings is 2. The molecule has 3 rings (SSSR count). The first-order valence-corrected chi connectivity index (χ1v) is 9.70. The van der Waals surface area contributed by atoms with Crippen LogP contribution < -0.4 is 20.3 Å². The predicted molar refractivity (Wildman–Crippen MR) is 111 cm³/mol. The van der Waals surface area contributed by atoms with Crippen LogP contribution >= 0.6 is 0 Å². The van der Waals surface area contributed by atoms with E-state index in [2.05, 4.69) is 17.6 Å². The highest BCUT2D eigenvalue weighted by molar-refractivity contribution is 5.97. The zero-order valence-corrected chi connectivity index (χ0v) is 16.4. The maximum absolute atomic E-state index is 12.3. The van der Waals surface area contributed by atoms with E-state index in [0.29, 0.717) is 6.54 Å². The zero-order valence-electron chi connectivity index (χ0n) is 16.4. The Bertz CT molecular complexity index is 803. The van der Waals surface area contributed by atoms with E-state index in [1.807, 2.05) is 48.5 Å². The van der Waals surface area contributed by atoms with Gasteiger partial charge in [-0.25, -0.2) is 4.79 Å². The van der Waals surface area contributed by atoms with Crippen molar-refractivity contribution in [2.45, 2.75) is 38.6 Å². The number of urea groups is 1. The monoisotopic (exact) mass is 381 g/mol. The molecule has 0 unspecified atom stereocenters. The number of aryl methyl sites for hydroxylation is 1. The van der Waals surface area contributed by atoms with Gasteiger partial charge < -0.3 is 20.3 Å². The van der Waals surface area contributed by atoms with E-state index in [9.17, 15) is 9.59 Å². The van der Waals surface area contributed by atoms with Crippen molar-refractivity contribution in [1.29, 1.82) is 0 Å². The maximum atomic E-state index is 12.3. The van der Waals surface area contributed by atoms with Gasteiger partial charge in [0.05, 0.1) is 13.2 Å². The average Bonchev–Trinajstić information content (AvgIpc) is 3.07. The van der Waals surface area contributed by atoms with E-state index in [1.165, 1.54) is 5.56 Å². The molecule has 1 atom stereocenters. The standard InChI is InChI=1S/C22H27N3O3/c1-3-4-5-16-6-8-17(9-7-16)23-22(27)24-18-14-21(26)25(15-18)19-10-12-20(28-2)13-11-19/h6-13,18H,3-5,14-15H2,1-2H3,(H2,23,24,27)/t18-/m1/s1. The van der Waals surface area contributed by atoms with Crippen molar-refractivity contribution in [2.75, 3.05) is 23.9 Å². The third-order valence-corrected chi connectivity index (χ3v) is 4.88. The van der Waals surface area contributed by atoms with Crippen molar-refractivity contribution < 1.29 is 14.3 Å². The van der Waals surface area contributed by atoms with E-state index in [0.717, 1.165) is 36.4 Å². The summed E-state index contributed by atoms with van der Waals surface area (Å²) >= 11 is 0. The molecular formula is C22H27N3O3. The van der Waals surface area contributed by atoms with Gasteiger partial charge in [0, 0.05) is 24.3 Å². The highest BCUT2D eigenvalue weighted by Gasteiger charge is 2.31. The maximum Gasteiger partial charge on any atom is 0.319 e. The summed E-state index contributed by atoms with van der Waals surface area (Å²) in [6.07, 6.45) is 3.66. The Morgan fingerprint density at radius 1 is 1.14 bits per heavy atom. The van der Waals surface area contributed by atoms with Gasteiger partial charge in [-0.2, -0.15) is 0 Å². The Morgan fingerprint density at radius 3 is 2.50 bits per heavy atom. The van der Waals surface area contributed by atoms with Crippen LogP contribution in [0.3, 0.4) is 0 Å². The third-order valence-electron chi connectivity index (χ3n) is 4.88. The van der Waals surface area contributed by atoms with Crippen molar-refractivity contribution in [2.24, 2.45) is 0 Å². The molecule has 0 saturated carbocycles. The molecule has 148 valence electrons. The summed E-state index contributed by atoms with van der Waals surface area (Å²) < 4.78 is 5.15. The third kappa shape index (κ3) is 5.03. The minimum atomic E-state index is -0.296. The molecule has 28 heavy (non-hydrogen) atoms. The first kappa shape index (κ1) is 19.7. The Labute approximate surface area is 165 Å². The number of carbonyl (C=O) groups excluding carboxylic acids is 2. The van der Waals surface area contributed by atoms with Crippen LogP contribution in [0.15, 0.2) is 48.5 Å². The van der Waals surface area contributed by atoms with Crippen molar-refractivity contribution in [3.8, 4) is 5.75 Å². The fourth-order valence-electron chi connectivity index (χ4n) is 3.30. The normalized spacial score (nSPS) is 16.1. The summed E-state index contributed by atoms with van der Waals surface area (Å²) in [5, 5.41) is 5.73. The van der Waals surface area contributed by atoms with Gasteiger partial charge in [-0.05, 0) is 54.8 Å². The molecule has 2 aromatic rings. The van der Waals surface area contributed by atoms with Crippen molar-refractivity contribution >= 4 is 23.3 Å². The Balaban J connectivity index is 1.52. The fourth-order valence-corrected chi connectivity index (χ4v) is 3.30. The van der Waals surface area contributed by atoms with Crippen molar-refractivity contribution in [1.82, 2.24) is 5.32 Å². The van der Waals surface area contributed by atoms with Crippen LogP contribution in [0.2, 0.25) is 0 Å². The molecule has 0 spiro atoms. The van der Waals surface area contributed by atoms with Crippen molar-refractivity contribution in [3.05, 3.63) is 54.1 Å². The molecule has 0 radical (unpaired) electrons. The molecule has 0 aliphatic carbocycles. The number of carbonyl (C=O) groups is 2. The molecule has 2 N–H and O–H groups in total. The van der Waals surface area contributed by atoms with Gasteiger partial charge in [0.2, 0.25) is 5.91 Å². The quantitative estimate of drug-likeness (QED) is 0.762. The highest BCUT2D eigenvalue weighted by Crippen LogP contribution is 2.24. The Morgan fingerprint density at radius 2 is 1.86 bits per heavy atom. The number of anilines is 2. The summed E-state index contributed by atoms with van der Waals surface area (Å²) in [6.45, 7) is 2.62. The van der Waals surface area contributed by atoms with Crippen LogP contribution in [0.4, 0.5) is 16.2 Å². The molecule has 1 aliphatic rings. The van der Waals surface area contributed by atoms with Crippen LogP contribution in [0.1, 0.15) is 31.7 Å². The second-order valence-corrected chi connectivity index (χ2v) is 7.00. The molecule has 1 heterocycles. The minimum absolute atomic E-state index is 0.00394. The molecule has 2 aromatic carbocycles. The molecule has 1 saturated heterocycles. The van der Waals surface area contributed by atoms with Crippen LogP contribution in [-0.2, 0) is 11.2 Å². The molecule has 3 amide bonds. The van der Waals surface area contributed by atoms with E-state index in [-0.39, 0.29) is 24.4 Å². The summed E-state index contributed by atoms with van der Waals surface area (Å²) in [5.74, 6) is 0.737. The smallest absolute Gasteiger partial charge is 0.319 e. The van der Waals surface area contributed by atoms with Gasteiger partial charge in [-0.3, -0.25) is 4.79 Å². The SMILES string of the molecule is CCCCc1ccc(NC(=O)N[C@@H]2CC(=O)N(c3ccc(OC)cc3)C2)cc1. The van der Waals surface area contributed by atoms with Gasteiger partial charge in [0.25, 0.3) is 0 Å². The number of methoxy groups -OCH3 is 1. The lowest BCUT2D eigenvalue weighted by atomic mass is 10.1. The number of nitrogens with one attached hydrogen (secondary N) is 2. The number of amides is 3. The lowest BCUT2D eigenvalue weighted by molar-refractivity contribution is -0.117. The molecular weight excluding hydrogens is 354 g/mol. The lowest BCUT2D eigenvalue weighted by Crippen LogP contribution is -2.39. The van der Waals surface area contributed by atoms with Crippen molar-refractivity contribution in [3.63, 3.8) is 0 Å². The van der Waals surface area contributed by atoms with Crippen LogP contribution in [-0.4, -0.2) is 31.6 Å². The van der Waals surface area contributed by atoms with E-state index >= 15 is 0 Å². The van der Waals surface area contributed by atoms with Gasteiger partial charge in [0.1, 0.15) is 5.75 Å². The second kappa shape index (κ2) is 9.26. The van der Waals surface area contributed by atoms with E-state index in [4.69, 9.17) is 4.74 Å². The summed E-state index contributed by atoms with van der Waals surface area (Å²) in [6, 6.07) is 14.7. The fraction of sp³-hybridized carbons (Fsp3) is 0.364. The van der Waals surface area contributed by atoms with Gasteiger partial charge in [-0.1, -0.05) is 25.5 Å². The molecule has 6 nitrogen and oxygen atoms in total. The largest absolute Gasteiger partial charge is 0.497 e. The lowest BCUT2D eigenvalue weighted by Gasteiger charge is -2.18. The van der Waals surface area contributed by atoms with E-state index in [1.54, 1.807) is 12.0 Å². The summed E-state index contributed by atoms with van der Waals surface area (Å²) in [5.41, 5.74) is 2.82. The molecule has 1 fully saturated rings. The predicted octanol–water partition coefficient (Wildman–Crippen LogP) is 3.96. The number of unbranched alkanes of at least 4 members (excludes halogenated alkanes) is 1. The number of nitrogens with zero attached hydrogens (tertiary/aromatic N) is 1. The Hall–Kier alpha value is -3.02. The second-order valence-electron chi connectivity index (χ2n) is 7.00. The summed E-state index contributed by atoms with van der Waals surface area (Å²) in [7, 11) is 1.60. The molecule has 1 aliphatic heterocycles.